The van der Waals surface area contributed by atoms with Crippen LogP contribution in [0.3, 0.4) is 0 Å². The van der Waals surface area contributed by atoms with E-state index >= 15 is 0 Å². The lowest BCUT2D eigenvalue weighted by atomic mass is 10.2. The van der Waals surface area contributed by atoms with Crippen LogP contribution in [0, 0.1) is 0 Å². The van der Waals surface area contributed by atoms with Crippen molar-refractivity contribution < 1.29 is 4.74 Å². The zero-order chi connectivity index (χ0) is 13.7. The van der Waals surface area contributed by atoms with E-state index in [-0.39, 0.29) is 6.10 Å². The standard InChI is InChI=1S/C14H24N4O/c1-4-18(9-12-6-5-7-15-12)13-8-14(17-10-16-13)19-11(2)3/h8,10-12,15H,4-7,9H2,1-3H3. The number of likely N-dealkylation sites (N-methyl/N-ethyl adjacent to an activating group) is 1. The molecule has 1 aliphatic heterocycles. The molecule has 19 heavy (non-hydrogen) atoms. The number of rotatable bonds is 6. The minimum absolute atomic E-state index is 0.134. The number of nitrogens with one attached hydrogen (secondary N) is 1. The molecule has 1 saturated heterocycles. The predicted octanol–water partition coefficient (Wildman–Crippen LogP) is 1.84. The van der Waals surface area contributed by atoms with Gasteiger partial charge in [0.1, 0.15) is 12.1 Å². The topological polar surface area (TPSA) is 50.3 Å². The molecule has 2 rings (SSSR count). The van der Waals surface area contributed by atoms with Gasteiger partial charge in [0.25, 0.3) is 0 Å². The van der Waals surface area contributed by atoms with Crippen LogP contribution >= 0.6 is 0 Å². The highest BCUT2D eigenvalue weighted by molar-refractivity contribution is 5.40. The zero-order valence-corrected chi connectivity index (χ0v) is 12.1. The van der Waals surface area contributed by atoms with Gasteiger partial charge < -0.3 is 15.0 Å². The number of aromatic nitrogens is 2. The van der Waals surface area contributed by atoms with Crippen LogP contribution in [0.2, 0.25) is 0 Å². The third-order valence-corrected chi connectivity index (χ3v) is 3.29. The highest BCUT2D eigenvalue weighted by atomic mass is 16.5. The van der Waals surface area contributed by atoms with E-state index in [0.29, 0.717) is 11.9 Å². The molecule has 1 aliphatic rings. The molecular formula is C14H24N4O. The highest BCUT2D eigenvalue weighted by Gasteiger charge is 2.18. The fraction of sp³-hybridized carbons (Fsp3) is 0.714. The van der Waals surface area contributed by atoms with E-state index in [1.165, 1.54) is 12.8 Å². The molecule has 106 valence electrons. The molecule has 0 aliphatic carbocycles. The van der Waals surface area contributed by atoms with E-state index in [1.54, 1.807) is 6.33 Å². The first-order valence-corrected chi connectivity index (χ1v) is 7.16. The first-order chi connectivity index (χ1) is 9.19. The summed E-state index contributed by atoms with van der Waals surface area (Å²) >= 11 is 0. The smallest absolute Gasteiger partial charge is 0.218 e. The van der Waals surface area contributed by atoms with Crippen LogP contribution in [0.1, 0.15) is 33.6 Å². The second kappa shape index (κ2) is 6.70. The van der Waals surface area contributed by atoms with E-state index in [4.69, 9.17) is 4.74 Å². The van der Waals surface area contributed by atoms with Gasteiger partial charge in [-0.15, -0.1) is 0 Å². The summed E-state index contributed by atoms with van der Waals surface area (Å²) in [4.78, 5) is 10.8. The first kappa shape index (κ1) is 14.1. The van der Waals surface area contributed by atoms with Gasteiger partial charge in [0.05, 0.1) is 6.10 Å². The van der Waals surface area contributed by atoms with Crippen molar-refractivity contribution >= 4 is 5.82 Å². The summed E-state index contributed by atoms with van der Waals surface area (Å²) in [5.74, 6) is 1.60. The maximum atomic E-state index is 5.63. The number of nitrogens with zero attached hydrogens (tertiary/aromatic N) is 3. The lowest BCUT2D eigenvalue weighted by Gasteiger charge is -2.25. The van der Waals surface area contributed by atoms with Crippen molar-refractivity contribution in [3.05, 3.63) is 12.4 Å². The van der Waals surface area contributed by atoms with E-state index in [9.17, 15) is 0 Å². The SMILES string of the molecule is CCN(CC1CCCN1)c1cc(OC(C)C)ncn1. The average molecular weight is 264 g/mol. The van der Waals surface area contributed by atoms with Gasteiger partial charge in [-0.3, -0.25) is 0 Å². The molecule has 1 atom stereocenters. The van der Waals surface area contributed by atoms with Crippen LogP contribution in [-0.2, 0) is 0 Å². The predicted molar refractivity (Wildman–Crippen MR) is 76.7 cm³/mol. The molecule has 0 amide bonds. The summed E-state index contributed by atoms with van der Waals surface area (Å²) in [6.45, 7) is 9.22. The van der Waals surface area contributed by atoms with Gasteiger partial charge in [0.2, 0.25) is 5.88 Å². The fourth-order valence-corrected chi connectivity index (χ4v) is 2.37. The Morgan fingerprint density at radius 1 is 1.47 bits per heavy atom. The molecule has 1 N–H and O–H groups in total. The normalized spacial score (nSPS) is 18.8. The zero-order valence-electron chi connectivity index (χ0n) is 12.1. The van der Waals surface area contributed by atoms with E-state index in [1.807, 2.05) is 19.9 Å². The van der Waals surface area contributed by atoms with Crippen molar-refractivity contribution in [3.63, 3.8) is 0 Å². The minimum Gasteiger partial charge on any atom is -0.475 e. The fourth-order valence-electron chi connectivity index (χ4n) is 2.37. The Labute approximate surface area is 115 Å². The van der Waals surface area contributed by atoms with Gasteiger partial charge in [-0.2, -0.15) is 0 Å². The van der Waals surface area contributed by atoms with Crippen LogP contribution < -0.4 is 15.0 Å². The molecule has 1 aromatic rings. The molecule has 1 fully saturated rings. The second-order valence-electron chi connectivity index (χ2n) is 5.21. The first-order valence-electron chi connectivity index (χ1n) is 7.16. The number of hydrogen-bond donors (Lipinski definition) is 1. The summed E-state index contributed by atoms with van der Waals surface area (Å²) in [5, 5.41) is 3.52. The third kappa shape index (κ3) is 4.06. The van der Waals surface area contributed by atoms with Gasteiger partial charge in [0.15, 0.2) is 0 Å². The molecule has 5 nitrogen and oxygen atoms in total. The quantitative estimate of drug-likeness (QED) is 0.849. The summed E-state index contributed by atoms with van der Waals surface area (Å²) < 4.78 is 5.63. The third-order valence-electron chi connectivity index (χ3n) is 3.29. The molecule has 1 unspecified atom stereocenters. The largest absolute Gasteiger partial charge is 0.475 e. The second-order valence-corrected chi connectivity index (χ2v) is 5.21. The Morgan fingerprint density at radius 3 is 2.95 bits per heavy atom. The molecule has 5 heteroatoms. The molecule has 0 saturated carbocycles. The van der Waals surface area contributed by atoms with Crippen LogP contribution in [0.15, 0.2) is 12.4 Å². The van der Waals surface area contributed by atoms with Gasteiger partial charge in [-0.05, 0) is 40.2 Å². The molecule has 0 aromatic carbocycles. The summed E-state index contributed by atoms with van der Waals surface area (Å²) in [6, 6.07) is 2.50. The van der Waals surface area contributed by atoms with Crippen molar-refractivity contribution in [2.24, 2.45) is 0 Å². The van der Waals surface area contributed by atoms with Crippen LogP contribution in [0.4, 0.5) is 5.82 Å². The maximum Gasteiger partial charge on any atom is 0.218 e. The van der Waals surface area contributed by atoms with Crippen LogP contribution in [0.5, 0.6) is 5.88 Å². The van der Waals surface area contributed by atoms with E-state index in [0.717, 1.165) is 25.5 Å². The molecule has 2 heterocycles. The molecule has 0 bridgehead atoms. The van der Waals surface area contributed by atoms with Gasteiger partial charge in [-0.1, -0.05) is 0 Å². The molecule has 0 radical (unpaired) electrons. The Kier molecular flexibility index (Phi) is 4.96. The minimum atomic E-state index is 0.134. The molecular weight excluding hydrogens is 240 g/mol. The number of anilines is 1. The number of ether oxygens (including phenoxy) is 1. The number of hydrogen-bond acceptors (Lipinski definition) is 5. The van der Waals surface area contributed by atoms with Crippen molar-refractivity contribution in [2.45, 2.75) is 45.8 Å². The Morgan fingerprint density at radius 2 is 2.32 bits per heavy atom. The van der Waals surface area contributed by atoms with Gasteiger partial charge in [0, 0.05) is 25.2 Å². The Hall–Kier alpha value is -1.36. The lowest BCUT2D eigenvalue weighted by Crippen LogP contribution is -2.38. The van der Waals surface area contributed by atoms with Crippen LogP contribution in [0.25, 0.3) is 0 Å². The average Bonchev–Trinajstić information content (AvgIpc) is 2.88. The summed E-state index contributed by atoms with van der Waals surface area (Å²) in [7, 11) is 0. The molecule has 0 spiro atoms. The van der Waals surface area contributed by atoms with Crippen LogP contribution in [-0.4, -0.2) is 41.7 Å². The van der Waals surface area contributed by atoms with E-state index < -0.39 is 0 Å². The van der Waals surface area contributed by atoms with Crippen molar-refractivity contribution in [3.8, 4) is 5.88 Å². The van der Waals surface area contributed by atoms with Gasteiger partial charge >= 0.3 is 0 Å². The van der Waals surface area contributed by atoms with Crippen molar-refractivity contribution in [2.75, 3.05) is 24.5 Å². The lowest BCUT2D eigenvalue weighted by molar-refractivity contribution is 0.232. The Balaban J connectivity index is 2.04. The summed E-state index contributed by atoms with van der Waals surface area (Å²) in [6.07, 6.45) is 4.23. The monoisotopic (exact) mass is 264 g/mol. The Bertz CT molecular complexity index is 391. The molecule has 1 aromatic heterocycles. The summed E-state index contributed by atoms with van der Waals surface area (Å²) in [5.41, 5.74) is 0. The van der Waals surface area contributed by atoms with Crippen molar-refractivity contribution in [1.29, 1.82) is 0 Å². The maximum absolute atomic E-state index is 5.63. The van der Waals surface area contributed by atoms with E-state index in [2.05, 4.69) is 27.1 Å². The van der Waals surface area contributed by atoms with Gasteiger partial charge in [-0.25, -0.2) is 9.97 Å². The van der Waals surface area contributed by atoms with Crippen molar-refractivity contribution in [1.82, 2.24) is 15.3 Å². The highest BCUT2D eigenvalue weighted by Crippen LogP contribution is 2.18.